The average molecular weight is 774 g/mol. The van der Waals surface area contributed by atoms with Crippen LogP contribution >= 0.6 is 0 Å². The minimum atomic E-state index is -0.604. The number of nitrogens with two attached hydrogens (primary N) is 2. The Morgan fingerprint density at radius 2 is 1.64 bits per heavy atom. The molecule has 0 aliphatic heterocycles. The highest BCUT2D eigenvalue weighted by Crippen LogP contribution is 2.36. The highest BCUT2D eigenvalue weighted by Gasteiger charge is 2.17. The predicted molar refractivity (Wildman–Crippen MR) is 218 cm³/mol. The zero-order valence-corrected chi connectivity index (χ0v) is 32.5. The monoisotopic (exact) mass is 773 g/mol. The third-order valence-electron chi connectivity index (χ3n) is 8.72. The van der Waals surface area contributed by atoms with Crippen molar-refractivity contribution >= 4 is 70.9 Å². The maximum atomic E-state index is 15.1. The highest BCUT2D eigenvalue weighted by atomic mass is 19.1. The fourth-order valence-corrected chi connectivity index (χ4v) is 5.29. The zero-order chi connectivity index (χ0) is 41.6. The van der Waals surface area contributed by atoms with Crippen LogP contribution in [0.25, 0.3) is 21.9 Å². The maximum absolute atomic E-state index is 15.1. The van der Waals surface area contributed by atoms with Crippen molar-refractivity contribution in [1.82, 2.24) is 25.5 Å². The molecule has 2 heterocycles. The van der Waals surface area contributed by atoms with Crippen molar-refractivity contribution in [2.45, 2.75) is 65.3 Å². The van der Waals surface area contributed by atoms with Crippen LogP contribution in [0.3, 0.4) is 0 Å². The molecule has 0 fully saturated rings. The molecule has 0 saturated carbocycles. The Morgan fingerprint density at radius 1 is 0.929 bits per heavy atom. The summed E-state index contributed by atoms with van der Waals surface area (Å²) >= 11 is 0. The van der Waals surface area contributed by atoms with Crippen LogP contribution in [0, 0.1) is 12.7 Å². The van der Waals surface area contributed by atoms with Crippen LogP contribution in [0.15, 0.2) is 48.9 Å². The number of hydrogen-bond acceptors (Lipinski definition) is 12. The number of carbonyl (C=O) groups is 6. The molecule has 2 aromatic carbocycles. The fourth-order valence-electron chi connectivity index (χ4n) is 5.29. The van der Waals surface area contributed by atoms with Gasteiger partial charge in [0.2, 0.25) is 24.6 Å². The minimum Gasteiger partial charge on any atom is -0.397 e. The van der Waals surface area contributed by atoms with E-state index in [9.17, 15) is 19.2 Å². The molecule has 0 radical (unpaired) electrons. The van der Waals surface area contributed by atoms with E-state index in [1.54, 1.807) is 42.6 Å². The van der Waals surface area contributed by atoms with E-state index in [0.29, 0.717) is 95.7 Å². The number of halogens is 1. The second-order valence-electron chi connectivity index (χ2n) is 12.9. The Morgan fingerprint density at radius 3 is 2.25 bits per heavy atom. The van der Waals surface area contributed by atoms with Crippen LogP contribution < -0.4 is 32.7 Å². The number of fused-ring (bicyclic) bond motifs is 1. The van der Waals surface area contributed by atoms with Crippen LogP contribution in [0.5, 0.6) is 0 Å². The lowest BCUT2D eigenvalue weighted by molar-refractivity contribution is -0.121. The van der Waals surface area contributed by atoms with Gasteiger partial charge in [-0.2, -0.15) is 0 Å². The van der Waals surface area contributed by atoms with E-state index in [1.807, 2.05) is 0 Å². The Balaban J connectivity index is 0.000000715. The van der Waals surface area contributed by atoms with Crippen LogP contribution in [0.2, 0.25) is 0 Å². The van der Waals surface area contributed by atoms with E-state index in [2.05, 4.69) is 58.8 Å². The topological polar surface area (TPSA) is 232 Å². The van der Waals surface area contributed by atoms with Crippen molar-refractivity contribution in [1.29, 1.82) is 0 Å². The first kappa shape index (κ1) is 45.9. The van der Waals surface area contributed by atoms with Gasteiger partial charge in [-0.1, -0.05) is 25.5 Å². The van der Waals surface area contributed by atoms with Crippen molar-refractivity contribution in [3.63, 3.8) is 0 Å². The summed E-state index contributed by atoms with van der Waals surface area (Å²) in [5, 5.41) is 11.3. The molecule has 1 atom stereocenters. The van der Waals surface area contributed by atoms with E-state index >= 15 is 4.39 Å². The number of benzene rings is 2. The first-order valence-corrected chi connectivity index (χ1v) is 18.0. The Bertz CT molecular complexity index is 1950. The highest BCUT2D eigenvalue weighted by molar-refractivity contribution is 6.00. The van der Waals surface area contributed by atoms with Gasteiger partial charge >= 0.3 is 0 Å². The van der Waals surface area contributed by atoms with E-state index in [-0.39, 0.29) is 41.7 Å². The predicted octanol–water partition coefficient (Wildman–Crippen LogP) is 4.89. The van der Waals surface area contributed by atoms with Gasteiger partial charge in [0.15, 0.2) is 18.4 Å². The van der Waals surface area contributed by atoms with Crippen LogP contribution in [0.1, 0.15) is 78.7 Å². The van der Waals surface area contributed by atoms with Crippen molar-refractivity contribution in [3.05, 3.63) is 71.4 Å². The van der Waals surface area contributed by atoms with Crippen molar-refractivity contribution < 1.29 is 33.2 Å². The number of rotatable bonds is 18. The standard InChI is InChI=1S/C31H32FN7O4.C7H17N.C2H3NO2/c1-18-22(13-35-15-25(18)33)21-11-20-12-27(38-14-23(20)31(34)30(21)32)39-29(43)8-3-7-28(42)37-10-4-9-36-26-6-2-5-19(16-40)24(26)17-41;1-5-6-7(2)8(3)4;4-1-3-2-5/h2,5-6,11-17,36H,3-4,7-10,33-34H2,1H3,(H,37,42)(H,38,39,43);7H,5-6H2,1-4H3;1-2H,(H,3,4,5). The largest absolute Gasteiger partial charge is 0.397 e. The molecule has 4 amide bonds. The van der Waals surface area contributed by atoms with Gasteiger partial charge in [-0.25, -0.2) is 9.37 Å². The van der Waals surface area contributed by atoms with Gasteiger partial charge in [0.25, 0.3) is 0 Å². The molecule has 0 aliphatic rings. The summed E-state index contributed by atoms with van der Waals surface area (Å²) < 4.78 is 15.1. The molecule has 1 unspecified atom stereocenters. The first-order valence-electron chi connectivity index (χ1n) is 18.0. The number of nitrogen functional groups attached to an aromatic ring is 2. The molecule has 56 heavy (non-hydrogen) atoms. The van der Waals surface area contributed by atoms with Gasteiger partial charge < -0.3 is 37.6 Å². The number of amides is 4. The first-order chi connectivity index (χ1) is 26.8. The number of imide groups is 1. The molecule has 2 aromatic heterocycles. The summed E-state index contributed by atoms with van der Waals surface area (Å²) in [6.07, 6.45) is 10.1. The third kappa shape index (κ3) is 14.2. The number of pyridine rings is 2. The number of carbonyl (C=O) groups excluding carboxylic acids is 6. The Labute approximate surface area is 326 Å². The van der Waals surface area contributed by atoms with E-state index in [4.69, 9.17) is 21.1 Å². The van der Waals surface area contributed by atoms with Crippen LogP contribution in [-0.4, -0.2) is 85.3 Å². The molecule has 15 nitrogen and oxygen atoms in total. The molecular weight excluding hydrogens is 721 g/mol. The maximum Gasteiger partial charge on any atom is 0.225 e. The summed E-state index contributed by atoms with van der Waals surface area (Å²) in [5.74, 6) is -0.846. The number of nitrogens with zero attached hydrogens (tertiary/aromatic N) is 3. The normalized spacial score (nSPS) is 10.8. The summed E-state index contributed by atoms with van der Waals surface area (Å²) in [4.78, 5) is 75.7. The van der Waals surface area contributed by atoms with E-state index in [1.165, 1.54) is 31.4 Å². The van der Waals surface area contributed by atoms with Crippen molar-refractivity contribution in [2.75, 3.05) is 49.3 Å². The number of aromatic nitrogens is 2. The smallest absolute Gasteiger partial charge is 0.225 e. The molecule has 16 heteroatoms. The molecule has 300 valence electrons. The van der Waals surface area contributed by atoms with Gasteiger partial charge in [0, 0.05) is 77.7 Å². The molecular formula is C40H52FN9O6. The average Bonchev–Trinajstić information content (AvgIpc) is 3.18. The molecule has 0 saturated heterocycles. The number of nitrogens with one attached hydrogen (secondary N) is 4. The van der Waals surface area contributed by atoms with Crippen LogP contribution in [-0.2, 0) is 19.2 Å². The van der Waals surface area contributed by atoms with Crippen molar-refractivity contribution in [3.8, 4) is 11.1 Å². The molecule has 4 rings (SSSR count). The van der Waals surface area contributed by atoms with Crippen LogP contribution in [0.4, 0.5) is 27.3 Å². The van der Waals surface area contributed by atoms with Gasteiger partial charge in [-0.15, -0.1) is 0 Å². The Kier molecular flexibility index (Phi) is 19.8. The number of anilines is 4. The Hall–Kier alpha value is -6.29. The SMILES string of the molecule is CCCC(C)N(C)C.Cc1c(N)cncc1-c1cc2cc(NC(=O)CCCC(=O)NCCCNc3cccc(C=O)c3C=O)ncc2c(N)c1F.O=CNC=O. The summed E-state index contributed by atoms with van der Waals surface area (Å²) in [6.45, 7) is 7.13. The molecule has 0 spiro atoms. The molecule has 0 bridgehead atoms. The van der Waals surface area contributed by atoms with Gasteiger partial charge in [0.05, 0.1) is 17.6 Å². The van der Waals surface area contributed by atoms with Gasteiger partial charge in [0.1, 0.15) is 5.82 Å². The van der Waals surface area contributed by atoms with Crippen molar-refractivity contribution in [2.24, 2.45) is 0 Å². The summed E-state index contributed by atoms with van der Waals surface area (Å²) in [5.41, 5.74) is 15.0. The number of aldehydes is 2. The zero-order valence-electron chi connectivity index (χ0n) is 32.5. The lowest BCUT2D eigenvalue weighted by Gasteiger charge is -2.17. The second kappa shape index (κ2) is 24.2. The second-order valence-corrected chi connectivity index (χ2v) is 12.9. The minimum absolute atomic E-state index is 0.0701. The molecule has 0 aliphatic carbocycles. The summed E-state index contributed by atoms with van der Waals surface area (Å²) in [6, 6.07) is 8.93. The lowest BCUT2D eigenvalue weighted by Crippen LogP contribution is -2.26. The van der Waals surface area contributed by atoms with Gasteiger partial charge in [-0.05, 0) is 76.4 Å². The van der Waals surface area contributed by atoms with E-state index in [0.717, 1.165) is 6.04 Å². The quantitative estimate of drug-likeness (QED) is 0.0451. The molecule has 8 N–H and O–H groups in total. The number of hydrogen-bond donors (Lipinski definition) is 6. The fraction of sp³-hybridized carbons (Fsp3) is 0.350. The third-order valence-corrected chi connectivity index (χ3v) is 8.72. The van der Waals surface area contributed by atoms with Gasteiger partial charge in [-0.3, -0.25) is 33.8 Å². The molecule has 4 aromatic rings. The lowest BCUT2D eigenvalue weighted by atomic mass is 9.97. The van der Waals surface area contributed by atoms with E-state index < -0.39 is 5.82 Å². The summed E-state index contributed by atoms with van der Waals surface area (Å²) in [7, 11) is 4.25.